The third kappa shape index (κ3) is 9.12. The summed E-state index contributed by atoms with van der Waals surface area (Å²) in [5.41, 5.74) is -0.887. The first kappa shape index (κ1) is 51.0. The lowest BCUT2D eigenvalue weighted by molar-refractivity contribution is -0.355. The zero-order valence-corrected chi connectivity index (χ0v) is 39.6. The maximum absolute atomic E-state index is 12.8. The van der Waals surface area contributed by atoms with E-state index in [0.29, 0.717) is 18.8 Å². The minimum absolute atomic E-state index is 0.0149. The lowest BCUT2D eigenvalue weighted by atomic mass is 9.43. The second-order valence-electron chi connectivity index (χ2n) is 21.9. The van der Waals surface area contributed by atoms with E-state index in [9.17, 15) is 50.4 Å². The van der Waals surface area contributed by atoms with Crippen molar-refractivity contribution in [2.75, 3.05) is 13.2 Å². The topological polar surface area (TPSA) is 288 Å². The van der Waals surface area contributed by atoms with E-state index < -0.39 is 134 Å². The number of rotatable bonds is 12. The summed E-state index contributed by atoms with van der Waals surface area (Å²) in [4.78, 5) is 23.8. The largest absolute Gasteiger partial charge is 0.464 e. The van der Waals surface area contributed by atoms with Crippen molar-refractivity contribution in [2.24, 2.45) is 34.5 Å². The molecule has 20 heteroatoms. The van der Waals surface area contributed by atoms with Crippen molar-refractivity contribution in [3.8, 4) is 0 Å². The first-order chi connectivity index (χ1) is 32.3. The van der Waals surface area contributed by atoms with Gasteiger partial charge in [0.15, 0.2) is 25.2 Å². The van der Waals surface area contributed by atoms with Crippen LogP contribution in [0.15, 0.2) is 11.6 Å². The number of ether oxygens (including phenoxy) is 10. The van der Waals surface area contributed by atoms with Gasteiger partial charge in [-0.1, -0.05) is 13.8 Å². The van der Waals surface area contributed by atoms with Crippen LogP contribution in [0.3, 0.4) is 0 Å². The van der Waals surface area contributed by atoms with Crippen LogP contribution in [0.4, 0.5) is 0 Å². The van der Waals surface area contributed by atoms with Gasteiger partial charge in [0.25, 0.3) is 6.47 Å². The minimum atomic E-state index is -1.65. The van der Waals surface area contributed by atoms with E-state index >= 15 is 0 Å². The fraction of sp³-hybridized carbons (Fsp3) is 0.917. The molecule has 4 aliphatic carbocycles. The van der Waals surface area contributed by atoms with Gasteiger partial charge in [0.05, 0.1) is 54.9 Å². The molecule has 0 spiro atoms. The third-order valence-electron chi connectivity index (χ3n) is 18.1. The molecular formula is C48H74O20. The lowest BCUT2D eigenvalue weighted by Crippen LogP contribution is -2.62. The van der Waals surface area contributed by atoms with Gasteiger partial charge in [-0.15, -0.1) is 0 Å². The van der Waals surface area contributed by atoms with E-state index in [-0.39, 0.29) is 55.1 Å². The molecule has 8 N–H and O–H groups in total. The quantitative estimate of drug-likeness (QED) is 0.0738. The number of hydrogen-bond donors (Lipinski definition) is 8. The number of aliphatic hydroxyl groups excluding tert-OH is 7. The van der Waals surface area contributed by atoms with Crippen LogP contribution in [0.25, 0.3) is 0 Å². The second-order valence-corrected chi connectivity index (χ2v) is 21.9. The summed E-state index contributed by atoms with van der Waals surface area (Å²) in [6.45, 7) is 9.60. The normalized spacial score (nSPS) is 53.9. The molecule has 0 aromatic heterocycles. The van der Waals surface area contributed by atoms with Gasteiger partial charge < -0.3 is 88.2 Å². The van der Waals surface area contributed by atoms with Crippen LogP contribution >= 0.6 is 0 Å². The fourth-order valence-electron chi connectivity index (χ4n) is 14.6. The minimum Gasteiger partial charge on any atom is -0.464 e. The number of cyclic esters (lactones) is 1. The predicted octanol–water partition coefficient (Wildman–Crippen LogP) is 0.223. The predicted molar refractivity (Wildman–Crippen MR) is 230 cm³/mol. The molecule has 8 fully saturated rings. The van der Waals surface area contributed by atoms with Crippen LogP contribution in [-0.2, 0) is 57.0 Å². The van der Waals surface area contributed by atoms with Crippen LogP contribution in [-0.4, -0.2) is 189 Å². The Morgan fingerprint density at radius 3 is 1.84 bits per heavy atom. The Morgan fingerprint density at radius 2 is 1.29 bits per heavy atom. The van der Waals surface area contributed by atoms with Crippen molar-refractivity contribution in [3.05, 3.63) is 11.6 Å². The van der Waals surface area contributed by atoms with E-state index in [1.54, 1.807) is 13.8 Å². The summed E-state index contributed by atoms with van der Waals surface area (Å²) in [6, 6.07) is 0. The van der Waals surface area contributed by atoms with Crippen molar-refractivity contribution >= 4 is 12.4 Å². The summed E-state index contributed by atoms with van der Waals surface area (Å²) in [7, 11) is 0. The SMILES string of the molecule is CC1OC(OC2CCC3(C)C(CCC4C3CCC3(C)C(C5=CC(=O)OC5)C(OC=O)CC43O)C2)CC(O)C1OC1CC(O)C(OC2CC(O)C(OC3OC(CO)C(O)C(O)C3O)C(C)O2)C(C)O1. The van der Waals surface area contributed by atoms with Gasteiger partial charge in [-0.05, 0) is 94.5 Å². The van der Waals surface area contributed by atoms with Gasteiger partial charge in [0.1, 0.15) is 55.4 Å². The maximum Gasteiger partial charge on any atom is 0.331 e. The fourth-order valence-corrected chi connectivity index (χ4v) is 14.6. The zero-order valence-electron chi connectivity index (χ0n) is 39.6. The van der Waals surface area contributed by atoms with Gasteiger partial charge in [-0.25, -0.2) is 4.79 Å². The van der Waals surface area contributed by atoms with Crippen LogP contribution < -0.4 is 0 Å². The van der Waals surface area contributed by atoms with Crippen LogP contribution in [0.2, 0.25) is 0 Å². The molecule has 5 heterocycles. The maximum atomic E-state index is 12.8. The molecule has 9 aliphatic rings. The number of carbonyl (C=O) groups is 2. The molecule has 4 saturated heterocycles. The summed E-state index contributed by atoms with van der Waals surface area (Å²) in [5, 5.41) is 86.8. The number of hydrogen-bond acceptors (Lipinski definition) is 20. The smallest absolute Gasteiger partial charge is 0.331 e. The van der Waals surface area contributed by atoms with Crippen molar-refractivity contribution in [1.82, 2.24) is 0 Å². The van der Waals surface area contributed by atoms with E-state index in [1.165, 1.54) is 6.08 Å². The van der Waals surface area contributed by atoms with Crippen molar-refractivity contribution in [2.45, 2.75) is 228 Å². The molecule has 386 valence electrons. The highest BCUT2D eigenvalue weighted by Crippen LogP contribution is 2.70. The Morgan fingerprint density at radius 1 is 0.706 bits per heavy atom. The molecule has 0 bridgehead atoms. The average Bonchev–Trinajstić information content (AvgIpc) is 3.81. The molecule has 5 aliphatic heterocycles. The molecule has 0 radical (unpaired) electrons. The van der Waals surface area contributed by atoms with E-state index in [2.05, 4.69) is 13.8 Å². The summed E-state index contributed by atoms with van der Waals surface area (Å²) < 4.78 is 59.7. The van der Waals surface area contributed by atoms with Crippen LogP contribution in [0.5, 0.6) is 0 Å². The molecule has 68 heavy (non-hydrogen) atoms. The van der Waals surface area contributed by atoms with Gasteiger partial charge >= 0.3 is 5.97 Å². The zero-order chi connectivity index (χ0) is 48.6. The number of aliphatic hydroxyl groups is 8. The van der Waals surface area contributed by atoms with E-state index in [0.717, 1.165) is 50.5 Å². The van der Waals surface area contributed by atoms with Crippen molar-refractivity contribution in [1.29, 1.82) is 0 Å². The number of carbonyl (C=O) groups excluding carboxylic acids is 2. The lowest BCUT2D eigenvalue weighted by Gasteiger charge is -2.63. The van der Waals surface area contributed by atoms with Crippen LogP contribution in [0, 0.1) is 34.5 Å². The second kappa shape index (κ2) is 19.8. The van der Waals surface area contributed by atoms with E-state index in [4.69, 9.17) is 47.4 Å². The molecule has 0 aromatic carbocycles. The van der Waals surface area contributed by atoms with E-state index in [1.807, 2.05) is 6.92 Å². The standard InChI is InChI=1S/C48H74O20/c1-21-42(66-36-15-30(52)43(22(2)62-36)67-37-16-31(53)44(23(3)63-37)68-45-41(57)40(56)39(55)33(18-49)65-45)29(51)14-35(61-21)64-26-8-10-46(4)25(13-26)6-7-28-27(46)9-11-47(5)38(24-12-34(54)59-19-24)32(60-20-50)17-48(28,47)58/h12,20-23,25-33,35-45,49,51-53,55-58H,6-11,13-19H2,1-5H3. The average molecular weight is 971 g/mol. The molecule has 0 amide bonds. The van der Waals surface area contributed by atoms with Gasteiger partial charge in [0.2, 0.25) is 0 Å². The van der Waals surface area contributed by atoms with Gasteiger partial charge in [0, 0.05) is 43.1 Å². The molecular weight excluding hydrogens is 897 g/mol. The molecule has 0 aromatic rings. The Kier molecular flexibility index (Phi) is 14.8. The molecule has 26 atom stereocenters. The highest BCUT2D eigenvalue weighted by Gasteiger charge is 2.71. The molecule has 26 unspecified atom stereocenters. The highest BCUT2D eigenvalue weighted by molar-refractivity contribution is 5.85. The van der Waals surface area contributed by atoms with Crippen molar-refractivity contribution in [3.63, 3.8) is 0 Å². The molecule has 20 nitrogen and oxygen atoms in total. The van der Waals surface area contributed by atoms with Crippen LogP contribution in [0.1, 0.15) is 105 Å². The highest BCUT2D eigenvalue weighted by atomic mass is 16.8. The van der Waals surface area contributed by atoms with Crippen molar-refractivity contribution < 1.29 is 97.8 Å². The monoisotopic (exact) mass is 970 g/mol. The Bertz CT molecular complexity index is 1780. The Balaban J connectivity index is 0.741. The first-order valence-electron chi connectivity index (χ1n) is 24.9. The Hall–Kier alpha value is -1.96. The third-order valence-corrected chi connectivity index (χ3v) is 18.1. The summed E-state index contributed by atoms with van der Waals surface area (Å²) >= 11 is 0. The Labute approximate surface area is 396 Å². The van der Waals surface area contributed by atoms with Gasteiger partial charge in [-0.2, -0.15) is 0 Å². The van der Waals surface area contributed by atoms with Gasteiger partial charge in [-0.3, -0.25) is 4.79 Å². The number of fused-ring (bicyclic) bond motifs is 5. The molecule has 9 rings (SSSR count). The summed E-state index contributed by atoms with van der Waals surface area (Å²) in [5.74, 6) is -0.0514. The summed E-state index contributed by atoms with van der Waals surface area (Å²) in [6.07, 6.45) is -10.6. The first-order valence-corrected chi connectivity index (χ1v) is 24.9. The molecule has 4 saturated carbocycles. The number of esters is 1.